The summed E-state index contributed by atoms with van der Waals surface area (Å²) in [5, 5.41) is 0. The lowest BCUT2D eigenvalue weighted by Crippen LogP contribution is -2.38. The van der Waals surface area contributed by atoms with Crippen molar-refractivity contribution >= 4 is 12.4 Å². The van der Waals surface area contributed by atoms with Crippen molar-refractivity contribution in [3.05, 3.63) is 53.4 Å². The first kappa shape index (κ1) is 18.4. The van der Waals surface area contributed by atoms with Gasteiger partial charge in [-0.3, -0.25) is 4.90 Å². The molecule has 3 heterocycles. The molecule has 0 amide bonds. The molecule has 0 saturated carbocycles. The molecule has 0 atom stereocenters. The Morgan fingerprint density at radius 3 is 2.64 bits per heavy atom. The molecule has 136 valence electrons. The van der Waals surface area contributed by atoms with E-state index in [9.17, 15) is 4.39 Å². The number of ether oxygens (including phenoxy) is 1. The van der Waals surface area contributed by atoms with Crippen molar-refractivity contribution in [2.24, 2.45) is 5.92 Å². The van der Waals surface area contributed by atoms with Gasteiger partial charge in [-0.05, 0) is 36.5 Å². The van der Waals surface area contributed by atoms with Gasteiger partial charge in [0, 0.05) is 52.0 Å². The number of halogens is 2. The van der Waals surface area contributed by atoms with Crippen molar-refractivity contribution in [1.82, 2.24) is 14.5 Å². The van der Waals surface area contributed by atoms with E-state index in [4.69, 9.17) is 4.74 Å². The summed E-state index contributed by atoms with van der Waals surface area (Å²) in [5.74, 6) is 1.67. The first-order valence-electron chi connectivity index (χ1n) is 8.86. The molecule has 1 aromatic carbocycles. The van der Waals surface area contributed by atoms with E-state index in [-0.39, 0.29) is 18.2 Å². The zero-order chi connectivity index (χ0) is 16.4. The Hall–Kier alpha value is -1.43. The van der Waals surface area contributed by atoms with Gasteiger partial charge in [-0.2, -0.15) is 0 Å². The Bertz CT molecular complexity index is 682. The minimum Gasteiger partial charge on any atom is -0.381 e. The van der Waals surface area contributed by atoms with Gasteiger partial charge in [0.25, 0.3) is 0 Å². The Morgan fingerprint density at radius 1 is 1.12 bits per heavy atom. The Kier molecular flexibility index (Phi) is 6.10. The molecule has 1 saturated heterocycles. The molecule has 2 aliphatic heterocycles. The molecule has 4 rings (SSSR count). The van der Waals surface area contributed by atoms with Crippen molar-refractivity contribution in [3.8, 4) is 0 Å². The lowest BCUT2D eigenvalue weighted by atomic mass is 9.99. The molecule has 2 aliphatic rings. The quantitative estimate of drug-likeness (QED) is 0.833. The molecule has 4 nitrogen and oxygen atoms in total. The van der Waals surface area contributed by atoms with Crippen molar-refractivity contribution in [3.63, 3.8) is 0 Å². The van der Waals surface area contributed by atoms with Crippen LogP contribution in [-0.2, 0) is 24.2 Å². The van der Waals surface area contributed by atoms with E-state index < -0.39 is 0 Å². The van der Waals surface area contributed by atoms with Gasteiger partial charge in [0.15, 0.2) is 0 Å². The minimum atomic E-state index is -0.187. The summed E-state index contributed by atoms with van der Waals surface area (Å²) in [7, 11) is 0. The molecule has 1 aromatic heterocycles. The summed E-state index contributed by atoms with van der Waals surface area (Å²) in [5.41, 5.74) is 2.40. The highest BCUT2D eigenvalue weighted by atomic mass is 35.5. The molecule has 0 spiro atoms. The Balaban J connectivity index is 0.00000182. The van der Waals surface area contributed by atoms with Gasteiger partial charge >= 0.3 is 0 Å². The summed E-state index contributed by atoms with van der Waals surface area (Å²) in [6.07, 6.45) is 5.15. The fourth-order valence-corrected chi connectivity index (χ4v) is 3.78. The minimum absolute atomic E-state index is 0. The smallest absolute Gasteiger partial charge is 0.123 e. The molecular weight excluding hydrogens is 341 g/mol. The van der Waals surface area contributed by atoms with Crippen molar-refractivity contribution < 1.29 is 9.13 Å². The maximum absolute atomic E-state index is 13.0. The van der Waals surface area contributed by atoms with E-state index >= 15 is 0 Å². The second-order valence-electron chi connectivity index (χ2n) is 6.91. The van der Waals surface area contributed by atoms with Gasteiger partial charge in [0.2, 0.25) is 0 Å². The fraction of sp³-hybridized carbons (Fsp3) is 0.526. The monoisotopic (exact) mass is 365 g/mol. The third-order valence-electron chi connectivity index (χ3n) is 5.18. The molecule has 0 radical (unpaired) electrons. The third-order valence-corrected chi connectivity index (χ3v) is 5.18. The third kappa shape index (κ3) is 4.40. The second kappa shape index (κ2) is 8.30. The van der Waals surface area contributed by atoms with E-state index in [0.717, 1.165) is 56.6 Å². The van der Waals surface area contributed by atoms with Crippen molar-refractivity contribution in [2.45, 2.75) is 32.4 Å². The predicted molar refractivity (Wildman–Crippen MR) is 97.5 cm³/mol. The van der Waals surface area contributed by atoms with Crippen LogP contribution in [0.4, 0.5) is 4.39 Å². The Morgan fingerprint density at radius 2 is 1.88 bits per heavy atom. The maximum atomic E-state index is 13.0. The topological polar surface area (TPSA) is 30.3 Å². The maximum Gasteiger partial charge on any atom is 0.123 e. The molecule has 2 aromatic rings. The van der Waals surface area contributed by atoms with Crippen LogP contribution in [0, 0.1) is 11.7 Å². The molecule has 0 aliphatic carbocycles. The first-order valence-corrected chi connectivity index (χ1v) is 8.86. The Labute approximate surface area is 154 Å². The second-order valence-corrected chi connectivity index (χ2v) is 6.91. The standard InChI is InChI=1S/C19H24FN3O.ClH/c20-17-3-1-15(2-4-17)11-19-21-12-18-14-22(7-8-23(18)19)13-16-5-9-24-10-6-16;/h1-4,12,16H,5-11,13-14H2;1H. The van der Waals surface area contributed by atoms with Crippen LogP contribution in [0.5, 0.6) is 0 Å². The van der Waals surface area contributed by atoms with Crippen LogP contribution in [-0.4, -0.2) is 40.8 Å². The van der Waals surface area contributed by atoms with Crippen LogP contribution in [0.15, 0.2) is 30.5 Å². The zero-order valence-electron chi connectivity index (χ0n) is 14.4. The lowest BCUT2D eigenvalue weighted by molar-refractivity contribution is 0.0485. The highest BCUT2D eigenvalue weighted by Crippen LogP contribution is 2.21. The van der Waals surface area contributed by atoms with Crippen LogP contribution in [0.1, 0.15) is 29.9 Å². The van der Waals surface area contributed by atoms with Crippen molar-refractivity contribution in [1.29, 1.82) is 0 Å². The fourth-order valence-electron chi connectivity index (χ4n) is 3.78. The molecule has 0 N–H and O–H groups in total. The highest BCUT2D eigenvalue weighted by molar-refractivity contribution is 5.85. The largest absolute Gasteiger partial charge is 0.381 e. The first-order chi connectivity index (χ1) is 11.8. The number of fused-ring (bicyclic) bond motifs is 1. The van der Waals surface area contributed by atoms with Gasteiger partial charge in [0.05, 0.1) is 5.69 Å². The summed E-state index contributed by atoms with van der Waals surface area (Å²) in [4.78, 5) is 7.17. The number of nitrogens with zero attached hydrogens (tertiary/aromatic N) is 3. The van der Waals surface area contributed by atoms with E-state index in [0.29, 0.717) is 0 Å². The molecule has 0 unspecified atom stereocenters. The van der Waals surface area contributed by atoms with Crippen LogP contribution < -0.4 is 0 Å². The summed E-state index contributed by atoms with van der Waals surface area (Å²) in [6, 6.07) is 6.73. The van der Waals surface area contributed by atoms with Crippen molar-refractivity contribution in [2.75, 3.05) is 26.3 Å². The number of rotatable bonds is 4. The molecule has 6 heteroatoms. The molecule has 0 bridgehead atoms. The van der Waals surface area contributed by atoms with Crippen LogP contribution in [0.3, 0.4) is 0 Å². The number of imidazole rings is 1. The van der Waals surface area contributed by atoms with Gasteiger partial charge in [-0.15, -0.1) is 12.4 Å². The molecular formula is C19H25ClFN3O. The molecule has 1 fully saturated rings. The van der Waals surface area contributed by atoms with E-state index in [1.807, 2.05) is 18.3 Å². The van der Waals surface area contributed by atoms with E-state index in [2.05, 4.69) is 14.5 Å². The summed E-state index contributed by atoms with van der Waals surface area (Å²) < 4.78 is 20.8. The van der Waals surface area contributed by atoms with E-state index in [1.165, 1.54) is 37.2 Å². The number of hydrogen-bond donors (Lipinski definition) is 0. The summed E-state index contributed by atoms with van der Waals surface area (Å²) >= 11 is 0. The van der Waals surface area contributed by atoms with Gasteiger partial charge in [0.1, 0.15) is 11.6 Å². The van der Waals surface area contributed by atoms with Crippen LogP contribution >= 0.6 is 12.4 Å². The van der Waals surface area contributed by atoms with Crippen LogP contribution in [0.25, 0.3) is 0 Å². The number of hydrogen-bond acceptors (Lipinski definition) is 3. The molecule has 25 heavy (non-hydrogen) atoms. The summed E-state index contributed by atoms with van der Waals surface area (Å²) in [6.45, 7) is 6.05. The normalized spacial score (nSPS) is 18.6. The van der Waals surface area contributed by atoms with Gasteiger partial charge in [-0.1, -0.05) is 12.1 Å². The van der Waals surface area contributed by atoms with E-state index in [1.54, 1.807) is 0 Å². The number of benzene rings is 1. The van der Waals surface area contributed by atoms with Gasteiger partial charge in [-0.25, -0.2) is 9.37 Å². The number of aromatic nitrogens is 2. The van der Waals surface area contributed by atoms with Gasteiger partial charge < -0.3 is 9.30 Å². The average Bonchev–Trinajstić information content (AvgIpc) is 3.00. The predicted octanol–water partition coefficient (Wildman–Crippen LogP) is 3.28. The van der Waals surface area contributed by atoms with Crippen LogP contribution in [0.2, 0.25) is 0 Å². The highest BCUT2D eigenvalue weighted by Gasteiger charge is 2.23. The lowest BCUT2D eigenvalue weighted by Gasteiger charge is -2.33. The average molecular weight is 366 g/mol. The SMILES string of the molecule is Cl.Fc1ccc(Cc2ncc3n2CCN(CC2CCOCC2)C3)cc1. The zero-order valence-corrected chi connectivity index (χ0v) is 15.2.